The number of hydrogen-bond donors (Lipinski definition) is 2. The zero-order chi connectivity index (χ0) is 16.2. The Morgan fingerprint density at radius 1 is 1.32 bits per heavy atom. The van der Waals surface area contributed by atoms with Crippen LogP contribution in [0.15, 0.2) is 29.3 Å². The average molecular weight is 311 g/mol. The highest BCUT2D eigenvalue weighted by molar-refractivity contribution is 5.79. The quantitative estimate of drug-likeness (QED) is 0.417. The number of halogens is 1. The maximum Gasteiger partial charge on any atom is 0.191 e. The lowest BCUT2D eigenvalue weighted by atomic mass is 10.2. The molecule has 124 valence electrons. The van der Waals surface area contributed by atoms with Crippen LogP contribution in [0.25, 0.3) is 0 Å². The Hall–Kier alpha value is -1.82. The molecule has 0 aliphatic rings. The smallest absolute Gasteiger partial charge is 0.191 e. The third-order valence-electron chi connectivity index (χ3n) is 2.95. The fourth-order valence-electron chi connectivity index (χ4n) is 1.79. The van der Waals surface area contributed by atoms with Crippen molar-refractivity contribution in [3.05, 3.63) is 30.1 Å². The van der Waals surface area contributed by atoms with Gasteiger partial charge in [0.15, 0.2) is 5.96 Å². The first-order valence-corrected chi connectivity index (χ1v) is 7.62. The van der Waals surface area contributed by atoms with Crippen molar-refractivity contribution in [2.45, 2.75) is 26.4 Å². The molecule has 1 aromatic carbocycles. The van der Waals surface area contributed by atoms with Gasteiger partial charge in [-0.15, -0.1) is 0 Å². The predicted molar refractivity (Wildman–Crippen MR) is 87.0 cm³/mol. The maximum atomic E-state index is 13.2. The number of nitrogens with one attached hydrogen (secondary N) is 2. The summed E-state index contributed by atoms with van der Waals surface area (Å²) in [6.07, 6.45) is 0.692. The van der Waals surface area contributed by atoms with Crippen LogP contribution in [-0.4, -0.2) is 45.4 Å². The zero-order valence-electron chi connectivity index (χ0n) is 13.6. The summed E-state index contributed by atoms with van der Waals surface area (Å²) in [7, 11) is 1.66. The molecule has 1 aromatic rings. The summed E-state index contributed by atoms with van der Waals surface area (Å²) in [5.41, 5.74) is 0. The Morgan fingerprint density at radius 2 is 2.14 bits per heavy atom. The SMILES string of the molecule is CCNC(=NCC(CC)Oc1cccc(F)c1)NCCOC. The number of nitrogens with zero attached hydrogens (tertiary/aromatic N) is 1. The molecule has 0 saturated heterocycles. The molecular formula is C16H26FN3O2. The van der Waals surface area contributed by atoms with Gasteiger partial charge in [-0.2, -0.15) is 0 Å². The number of methoxy groups -OCH3 is 1. The summed E-state index contributed by atoms with van der Waals surface area (Å²) in [5.74, 6) is 0.950. The Morgan fingerprint density at radius 3 is 2.77 bits per heavy atom. The van der Waals surface area contributed by atoms with E-state index in [1.165, 1.54) is 12.1 Å². The van der Waals surface area contributed by atoms with Gasteiger partial charge in [0.25, 0.3) is 0 Å². The highest BCUT2D eigenvalue weighted by atomic mass is 19.1. The maximum absolute atomic E-state index is 13.2. The van der Waals surface area contributed by atoms with Gasteiger partial charge in [0.05, 0.1) is 13.2 Å². The lowest BCUT2D eigenvalue weighted by Gasteiger charge is -2.17. The molecule has 0 fully saturated rings. The highest BCUT2D eigenvalue weighted by Gasteiger charge is 2.09. The number of hydrogen-bond acceptors (Lipinski definition) is 3. The molecule has 6 heteroatoms. The van der Waals surface area contributed by atoms with Crippen LogP contribution in [-0.2, 0) is 4.74 Å². The van der Waals surface area contributed by atoms with Crippen molar-refractivity contribution < 1.29 is 13.9 Å². The first-order chi connectivity index (χ1) is 10.7. The molecule has 0 amide bonds. The summed E-state index contributed by atoms with van der Waals surface area (Å²) in [5, 5.41) is 6.33. The fraction of sp³-hybridized carbons (Fsp3) is 0.562. The van der Waals surface area contributed by atoms with E-state index in [4.69, 9.17) is 9.47 Å². The topological polar surface area (TPSA) is 54.9 Å². The molecule has 0 heterocycles. The van der Waals surface area contributed by atoms with Crippen molar-refractivity contribution >= 4 is 5.96 Å². The van der Waals surface area contributed by atoms with Gasteiger partial charge >= 0.3 is 0 Å². The minimum Gasteiger partial charge on any atom is -0.488 e. The summed E-state index contributed by atoms with van der Waals surface area (Å²) in [6, 6.07) is 6.16. The molecule has 0 radical (unpaired) electrons. The third-order valence-corrected chi connectivity index (χ3v) is 2.95. The Bertz CT molecular complexity index is 455. The zero-order valence-corrected chi connectivity index (χ0v) is 13.6. The van der Waals surface area contributed by atoms with Crippen molar-refractivity contribution in [2.75, 3.05) is 33.4 Å². The highest BCUT2D eigenvalue weighted by Crippen LogP contribution is 2.15. The monoisotopic (exact) mass is 311 g/mol. The van der Waals surface area contributed by atoms with Crippen molar-refractivity contribution in [1.29, 1.82) is 0 Å². The van der Waals surface area contributed by atoms with E-state index in [1.54, 1.807) is 19.2 Å². The van der Waals surface area contributed by atoms with Crippen LogP contribution in [0.1, 0.15) is 20.3 Å². The minimum atomic E-state index is -0.301. The van der Waals surface area contributed by atoms with Crippen LogP contribution >= 0.6 is 0 Å². The molecular weight excluding hydrogens is 285 g/mol. The van der Waals surface area contributed by atoms with Crippen LogP contribution in [0.5, 0.6) is 5.75 Å². The normalized spacial score (nSPS) is 12.8. The van der Waals surface area contributed by atoms with Crippen LogP contribution in [0.2, 0.25) is 0 Å². The molecule has 5 nitrogen and oxygen atoms in total. The van der Waals surface area contributed by atoms with E-state index < -0.39 is 0 Å². The minimum absolute atomic E-state index is 0.0975. The third kappa shape index (κ3) is 7.26. The van der Waals surface area contributed by atoms with Gasteiger partial charge in [-0.1, -0.05) is 13.0 Å². The summed E-state index contributed by atoms with van der Waals surface area (Å²) >= 11 is 0. The Balaban J connectivity index is 2.56. The summed E-state index contributed by atoms with van der Waals surface area (Å²) < 4.78 is 23.9. The van der Waals surface area contributed by atoms with E-state index in [9.17, 15) is 4.39 Å². The number of benzene rings is 1. The molecule has 0 aliphatic heterocycles. The van der Waals surface area contributed by atoms with E-state index >= 15 is 0 Å². The van der Waals surface area contributed by atoms with E-state index in [-0.39, 0.29) is 11.9 Å². The second-order valence-electron chi connectivity index (χ2n) is 4.74. The van der Waals surface area contributed by atoms with Crippen molar-refractivity contribution in [1.82, 2.24) is 10.6 Å². The molecule has 0 spiro atoms. The summed E-state index contributed by atoms with van der Waals surface area (Å²) in [4.78, 5) is 4.50. The lowest BCUT2D eigenvalue weighted by molar-refractivity contribution is 0.202. The molecule has 1 atom stereocenters. The Labute approximate surface area is 131 Å². The number of aliphatic imine (C=N–C) groups is 1. The van der Waals surface area contributed by atoms with Crippen LogP contribution in [0.4, 0.5) is 4.39 Å². The van der Waals surface area contributed by atoms with Crippen LogP contribution in [0.3, 0.4) is 0 Å². The van der Waals surface area contributed by atoms with Gasteiger partial charge in [-0.3, -0.25) is 0 Å². The van der Waals surface area contributed by atoms with E-state index in [0.717, 1.165) is 18.9 Å². The largest absolute Gasteiger partial charge is 0.488 e. The van der Waals surface area contributed by atoms with Crippen molar-refractivity contribution in [3.63, 3.8) is 0 Å². The van der Waals surface area contributed by atoms with Crippen molar-refractivity contribution in [2.24, 2.45) is 4.99 Å². The average Bonchev–Trinajstić information content (AvgIpc) is 2.51. The van der Waals surface area contributed by atoms with Gasteiger partial charge in [0.1, 0.15) is 17.7 Å². The molecule has 2 N–H and O–H groups in total. The Kier molecular flexibility index (Phi) is 8.98. The van der Waals surface area contributed by atoms with E-state index in [1.807, 2.05) is 13.8 Å². The molecule has 0 bridgehead atoms. The van der Waals surface area contributed by atoms with E-state index in [0.29, 0.717) is 25.4 Å². The molecule has 1 rings (SSSR count). The molecule has 0 saturated carbocycles. The number of ether oxygens (including phenoxy) is 2. The van der Waals surface area contributed by atoms with Gasteiger partial charge in [-0.25, -0.2) is 9.38 Å². The standard InChI is InChI=1S/C16H26FN3O2/c1-4-14(22-15-8-6-7-13(17)11-15)12-20-16(18-5-2)19-9-10-21-3/h6-8,11,14H,4-5,9-10,12H2,1-3H3,(H2,18,19,20). The first-order valence-electron chi connectivity index (χ1n) is 7.62. The molecule has 22 heavy (non-hydrogen) atoms. The number of guanidine groups is 1. The second-order valence-corrected chi connectivity index (χ2v) is 4.74. The van der Waals surface area contributed by atoms with Crippen molar-refractivity contribution in [3.8, 4) is 5.75 Å². The number of rotatable bonds is 9. The predicted octanol–water partition coefficient (Wildman–Crippen LogP) is 2.18. The van der Waals surface area contributed by atoms with Gasteiger partial charge in [0.2, 0.25) is 0 Å². The lowest BCUT2D eigenvalue weighted by Crippen LogP contribution is -2.39. The van der Waals surface area contributed by atoms with Gasteiger partial charge in [-0.05, 0) is 25.5 Å². The fourth-order valence-corrected chi connectivity index (χ4v) is 1.79. The summed E-state index contributed by atoms with van der Waals surface area (Å²) in [6.45, 7) is 6.60. The first kappa shape index (κ1) is 18.2. The van der Waals surface area contributed by atoms with Gasteiger partial charge < -0.3 is 20.1 Å². The second kappa shape index (κ2) is 10.8. The van der Waals surface area contributed by atoms with Crippen LogP contribution < -0.4 is 15.4 Å². The molecule has 0 aliphatic carbocycles. The molecule has 1 unspecified atom stereocenters. The van der Waals surface area contributed by atoms with E-state index in [2.05, 4.69) is 15.6 Å². The van der Waals surface area contributed by atoms with Gasteiger partial charge in [0, 0.05) is 26.3 Å². The van der Waals surface area contributed by atoms with Crippen LogP contribution in [0, 0.1) is 5.82 Å². The molecule has 0 aromatic heterocycles.